The Morgan fingerprint density at radius 2 is 1.92 bits per heavy atom. The van der Waals surface area contributed by atoms with Gasteiger partial charge in [-0.3, -0.25) is 0 Å². The number of hydrogen-bond acceptors (Lipinski definition) is 7. The summed E-state index contributed by atoms with van der Waals surface area (Å²) in [4.78, 5) is 11.4. The maximum absolute atomic E-state index is 11.4. The van der Waals surface area contributed by atoms with Crippen LogP contribution in [0.15, 0.2) is 63.1 Å². The lowest BCUT2D eigenvalue weighted by atomic mass is 10.2. The number of nitrogens with zero attached hydrogens (tertiary/aromatic N) is 2. The number of carboxylic acids is 1. The number of carbonyl (C=O) groups excluding carboxylic acids is 1. The first-order valence-electron chi connectivity index (χ1n) is 7.40. The summed E-state index contributed by atoms with van der Waals surface area (Å²) in [7, 11) is 1.56. The second-order valence-electron chi connectivity index (χ2n) is 5.02. The van der Waals surface area contributed by atoms with Crippen molar-refractivity contribution in [1.82, 2.24) is 10.2 Å². The zero-order valence-electron chi connectivity index (χ0n) is 13.5. The van der Waals surface area contributed by atoms with E-state index in [0.717, 1.165) is 11.8 Å². The number of benzene rings is 2. The van der Waals surface area contributed by atoms with Gasteiger partial charge in [0.25, 0.3) is 5.22 Å². The largest absolute Gasteiger partial charge is 0.544 e. The highest BCUT2D eigenvalue weighted by Crippen LogP contribution is 2.32. The molecule has 0 aliphatic rings. The normalized spacial score (nSPS) is 11.4. The number of halogens is 1. The maximum Gasteiger partial charge on any atom is 0.281 e. The summed E-state index contributed by atoms with van der Waals surface area (Å²) in [5.74, 6) is -0.463. The molecule has 6 nitrogen and oxygen atoms in total. The topological polar surface area (TPSA) is 88.3 Å². The predicted molar refractivity (Wildman–Crippen MR) is 96.6 cm³/mol. The Bertz CT molecular complexity index is 954. The molecule has 1 heterocycles. The molecule has 0 amide bonds. The summed E-state index contributed by atoms with van der Waals surface area (Å²) >= 11 is 6.90. The maximum atomic E-state index is 11.4. The summed E-state index contributed by atoms with van der Waals surface area (Å²) in [6.07, 6.45) is 1.46. The van der Waals surface area contributed by atoms with Crippen LogP contribution in [-0.4, -0.2) is 23.3 Å². The lowest BCUT2D eigenvalue weighted by Crippen LogP contribution is -2.23. The minimum absolute atomic E-state index is 0.0653. The fourth-order valence-electron chi connectivity index (χ4n) is 2.07. The van der Waals surface area contributed by atoms with E-state index in [4.69, 9.17) is 20.8 Å². The van der Waals surface area contributed by atoms with Gasteiger partial charge in [-0.1, -0.05) is 35.9 Å². The van der Waals surface area contributed by atoms with Crippen LogP contribution in [-0.2, 0) is 4.79 Å². The van der Waals surface area contributed by atoms with Crippen LogP contribution in [0.3, 0.4) is 0 Å². The van der Waals surface area contributed by atoms with E-state index in [1.54, 1.807) is 55.6 Å². The number of ether oxygens (including phenoxy) is 1. The van der Waals surface area contributed by atoms with E-state index >= 15 is 0 Å². The fourth-order valence-corrected chi connectivity index (χ4v) is 2.96. The van der Waals surface area contributed by atoms with Crippen molar-refractivity contribution < 1.29 is 19.1 Å². The minimum Gasteiger partial charge on any atom is -0.544 e. The van der Waals surface area contributed by atoms with Crippen LogP contribution in [0.2, 0.25) is 5.02 Å². The van der Waals surface area contributed by atoms with Crippen LogP contribution >= 0.6 is 23.4 Å². The molecule has 0 aliphatic carbocycles. The Morgan fingerprint density at radius 1 is 1.19 bits per heavy atom. The van der Waals surface area contributed by atoms with Gasteiger partial charge in [-0.2, -0.15) is 0 Å². The van der Waals surface area contributed by atoms with Gasteiger partial charge in [-0.05, 0) is 47.7 Å². The van der Waals surface area contributed by atoms with Crippen LogP contribution in [0, 0.1) is 0 Å². The first-order valence-corrected chi connectivity index (χ1v) is 8.59. The van der Waals surface area contributed by atoms with Crippen molar-refractivity contribution in [3.63, 3.8) is 0 Å². The fraction of sp³-hybridized carbons (Fsp3) is 0.0556. The Balaban J connectivity index is 1.84. The molecule has 26 heavy (non-hydrogen) atoms. The van der Waals surface area contributed by atoms with Crippen molar-refractivity contribution in [2.45, 2.75) is 5.22 Å². The predicted octanol–water partition coefficient (Wildman–Crippen LogP) is 3.28. The molecule has 0 bridgehead atoms. The zero-order chi connectivity index (χ0) is 18.5. The van der Waals surface area contributed by atoms with E-state index in [1.165, 1.54) is 6.08 Å². The highest BCUT2D eigenvalue weighted by Gasteiger charge is 2.14. The van der Waals surface area contributed by atoms with Gasteiger partial charge in [0.15, 0.2) is 0 Å². The second kappa shape index (κ2) is 8.07. The van der Waals surface area contributed by atoms with Crippen LogP contribution in [0.1, 0.15) is 5.56 Å². The molecule has 0 atom stereocenters. The van der Waals surface area contributed by atoms with E-state index in [-0.39, 0.29) is 16.0 Å². The average molecular weight is 388 g/mol. The molecular formula is C18H12ClN2O4S-. The lowest BCUT2D eigenvalue weighted by Gasteiger charge is -2.06. The lowest BCUT2D eigenvalue weighted by molar-refractivity contribution is -0.298. The molecule has 3 rings (SSSR count). The van der Waals surface area contributed by atoms with Gasteiger partial charge in [0, 0.05) is 4.91 Å². The van der Waals surface area contributed by atoms with Crippen LogP contribution < -0.4 is 9.84 Å². The minimum atomic E-state index is -1.34. The van der Waals surface area contributed by atoms with Gasteiger partial charge in [0.1, 0.15) is 5.75 Å². The van der Waals surface area contributed by atoms with Crippen molar-refractivity contribution in [2.24, 2.45) is 0 Å². The van der Waals surface area contributed by atoms with E-state index in [1.807, 2.05) is 0 Å². The number of thioether (sulfide) groups is 1. The molecular weight excluding hydrogens is 376 g/mol. The number of carbonyl (C=O) groups is 1. The van der Waals surface area contributed by atoms with Crippen molar-refractivity contribution in [2.75, 3.05) is 7.11 Å². The average Bonchev–Trinajstić information content (AvgIpc) is 3.10. The van der Waals surface area contributed by atoms with E-state index in [9.17, 15) is 9.90 Å². The molecule has 2 aromatic carbocycles. The SMILES string of the molecule is COc1ccc(/C=C(/Sc2nnc(-c3ccccc3Cl)o2)C(=O)[O-])cc1. The summed E-state index contributed by atoms with van der Waals surface area (Å²) in [5, 5.41) is 19.7. The third-order valence-electron chi connectivity index (χ3n) is 3.32. The first-order chi connectivity index (χ1) is 12.6. The summed E-state index contributed by atoms with van der Waals surface area (Å²) in [6, 6.07) is 13.9. The van der Waals surface area contributed by atoms with E-state index in [0.29, 0.717) is 21.9 Å². The van der Waals surface area contributed by atoms with Gasteiger partial charge in [-0.25, -0.2) is 0 Å². The first kappa shape index (κ1) is 18.0. The van der Waals surface area contributed by atoms with E-state index < -0.39 is 5.97 Å². The van der Waals surface area contributed by atoms with Gasteiger partial charge in [-0.15, -0.1) is 10.2 Å². The summed E-state index contributed by atoms with van der Waals surface area (Å²) in [5.41, 5.74) is 1.24. The smallest absolute Gasteiger partial charge is 0.281 e. The molecule has 0 unspecified atom stereocenters. The number of aromatic nitrogens is 2. The Labute approximate surface area is 158 Å². The Hall–Kier alpha value is -2.77. The van der Waals surface area contributed by atoms with Crippen LogP contribution in [0.25, 0.3) is 17.5 Å². The molecule has 0 aliphatic heterocycles. The number of methoxy groups -OCH3 is 1. The Kier molecular flexibility index (Phi) is 5.60. The molecule has 0 saturated heterocycles. The van der Waals surface area contributed by atoms with Crippen molar-refractivity contribution >= 4 is 35.4 Å². The van der Waals surface area contributed by atoms with Crippen molar-refractivity contribution in [3.8, 4) is 17.2 Å². The van der Waals surface area contributed by atoms with Crippen molar-refractivity contribution in [1.29, 1.82) is 0 Å². The standard InChI is InChI=1S/C18H13ClN2O4S/c1-24-12-8-6-11(7-9-12)10-15(17(22)23)26-18-21-20-16(25-18)13-4-2-3-5-14(13)19/h2-10H,1H3,(H,22,23)/p-1/b15-10+. The quantitative estimate of drug-likeness (QED) is 0.473. The third-order valence-corrected chi connectivity index (χ3v) is 4.50. The molecule has 0 radical (unpaired) electrons. The van der Waals surface area contributed by atoms with Gasteiger partial charge in [0.2, 0.25) is 5.89 Å². The molecule has 8 heteroatoms. The molecule has 3 aromatic rings. The molecule has 0 spiro atoms. The third kappa shape index (κ3) is 4.25. The molecule has 0 N–H and O–H groups in total. The molecule has 0 fully saturated rings. The Morgan fingerprint density at radius 3 is 2.58 bits per heavy atom. The van der Waals surface area contributed by atoms with Crippen LogP contribution in [0.5, 0.6) is 5.75 Å². The number of rotatable bonds is 6. The zero-order valence-corrected chi connectivity index (χ0v) is 15.1. The van der Waals surface area contributed by atoms with Crippen LogP contribution in [0.4, 0.5) is 0 Å². The second-order valence-corrected chi connectivity index (χ2v) is 6.42. The number of aliphatic carboxylic acids is 1. The molecule has 1 aromatic heterocycles. The number of carboxylic acid groups (broad SMARTS) is 1. The van der Waals surface area contributed by atoms with Gasteiger partial charge >= 0.3 is 0 Å². The van der Waals surface area contributed by atoms with E-state index in [2.05, 4.69) is 10.2 Å². The summed E-state index contributed by atoms with van der Waals surface area (Å²) < 4.78 is 10.6. The van der Waals surface area contributed by atoms with Gasteiger partial charge in [0.05, 0.1) is 23.7 Å². The van der Waals surface area contributed by atoms with Crippen molar-refractivity contribution in [3.05, 3.63) is 64.0 Å². The summed E-state index contributed by atoms with van der Waals surface area (Å²) in [6.45, 7) is 0. The number of hydrogen-bond donors (Lipinski definition) is 0. The molecule has 0 saturated carbocycles. The molecule has 132 valence electrons. The highest BCUT2D eigenvalue weighted by molar-refractivity contribution is 8.03. The van der Waals surface area contributed by atoms with Gasteiger partial charge < -0.3 is 19.1 Å². The monoisotopic (exact) mass is 387 g/mol. The highest BCUT2D eigenvalue weighted by atomic mass is 35.5.